The lowest BCUT2D eigenvalue weighted by Gasteiger charge is -2.23. The van der Waals surface area contributed by atoms with E-state index in [1.807, 2.05) is 38.1 Å². The molecule has 1 N–H and O–H groups in total. The van der Waals surface area contributed by atoms with Crippen molar-refractivity contribution in [2.45, 2.75) is 26.7 Å². The molecule has 0 saturated carbocycles. The van der Waals surface area contributed by atoms with Gasteiger partial charge in [-0.15, -0.1) is 0 Å². The number of nitrogens with one attached hydrogen (secondary N) is 1. The van der Waals surface area contributed by atoms with E-state index < -0.39 is 0 Å². The summed E-state index contributed by atoms with van der Waals surface area (Å²) in [5, 5.41) is 8.44. The third-order valence-corrected chi connectivity index (χ3v) is 4.23. The zero-order chi connectivity index (χ0) is 19.2. The smallest absolute Gasteiger partial charge is 0.246 e. The van der Waals surface area contributed by atoms with Crippen molar-refractivity contribution in [2.24, 2.45) is 5.10 Å². The number of rotatable bonds is 6. The van der Waals surface area contributed by atoms with E-state index in [4.69, 9.17) is 4.74 Å². The molecule has 0 bridgehead atoms. The molecule has 2 amide bonds. The number of hydrogen-bond acceptors (Lipinski definition) is 4. The third kappa shape index (κ3) is 4.94. The van der Waals surface area contributed by atoms with E-state index in [2.05, 4.69) is 10.4 Å². The molecular weight excluding hydrogens is 342 g/mol. The largest absolute Gasteiger partial charge is 0.494 e. The minimum absolute atomic E-state index is 0.110. The van der Waals surface area contributed by atoms with Crippen LogP contribution >= 0.6 is 0 Å². The molecule has 140 valence electrons. The second-order valence-corrected chi connectivity index (χ2v) is 6.37. The average molecular weight is 365 g/mol. The average Bonchev–Trinajstić information content (AvgIpc) is 2.66. The van der Waals surface area contributed by atoms with Gasteiger partial charge in [-0.1, -0.05) is 29.8 Å². The molecule has 0 saturated heterocycles. The molecule has 0 unspecified atom stereocenters. The summed E-state index contributed by atoms with van der Waals surface area (Å²) in [6.07, 6.45) is 0.932. The van der Waals surface area contributed by atoms with Crippen molar-refractivity contribution in [1.82, 2.24) is 5.01 Å². The summed E-state index contributed by atoms with van der Waals surface area (Å²) in [5.41, 5.74) is 3.61. The van der Waals surface area contributed by atoms with Crippen LogP contribution in [-0.2, 0) is 9.59 Å². The Morgan fingerprint density at radius 2 is 1.81 bits per heavy atom. The van der Waals surface area contributed by atoms with E-state index >= 15 is 0 Å². The summed E-state index contributed by atoms with van der Waals surface area (Å²) in [6.45, 7) is 4.41. The minimum Gasteiger partial charge on any atom is -0.494 e. The van der Waals surface area contributed by atoms with Gasteiger partial charge < -0.3 is 10.1 Å². The van der Waals surface area contributed by atoms with Crippen LogP contribution in [0.5, 0.6) is 5.75 Å². The zero-order valence-corrected chi connectivity index (χ0v) is 15.6. The quantitative estimate of drug-likeness (QED) is 0.853. The highest BCUT2D eigenvalue weighted by atomic mass is 16.5. The van der Waals surface area contributed by atoms with E-state index in [0.717, 1.165) is 22.6 Å². The molecule has 1 aliphatic rings. The normalized spacial score (nSPS) is 13.9. The molecule has 27 heavy (non-hydrogen) atoms. The number of amides is 2. The lowest BCUT2D eigenvalue weighted by Crippen LogP contribution is -2.37. The maximum atomic E-state index is 12.3. The lowest BCUT2D eigenvalue weighted by atomic mass is 10.0. The van der Waals surface area contributed by atoms with Gasteiger partial charge in [0, 0.05) is 18.5 Å². The van der Waals surface area contributed by atoms with Crippen LogP contribution in [0.3, 0.4) is 0 Å². The highest BCUT2D eigenvalue weighted by Gasteiger charge is 2.23. The zero-order valence-electron chi connectivity index (χ0n) is 15.6. The molecule has 0 spiro atoms. The van der Waals surface area contributed by atoms with Crippen molar-refractivity contribution in [2.75, 3.05) is 18.5 Å². The predicted molar refractivity (Wildman–Crippen MR) is 105 cm³/mol. The summed E-state index contributed by atoms with van der Waals surface area (Å²) >= 11 is 0. The van der Waals surface area contributed by atoms with Gasteiger partial charge in [-0.25, -0.2) is 5.01 Å². The third-order valence-electron chi connectivity index (χ3n) is 4.23. The number of carbonyl (C=O) groups excluding carboxylic acids is 2. The fourth-order valence-electron chi connectivity index (χ4n) is 2.82. The fourth-order valence-corrected chi connectivity index (χ4v) is 2.82. The number of aryl methyl sites for hydroxylation is 1. The van der Waals surface area contributed by atoms with Gasteiger partial charge in [0.2, 0.25) is 11.8 Å². The fraction of sp³-hybridized carbons (Fsp3) is 0.286. The summed E-state index contributed by atoms with van der Waals surface area (Å²) in [7, 11) is 0. The van der Waals surface area contributed by atoms with E-state index in [0.29, 0.717) is 25.1 Å². The first-order valence-corrected chi connectivity index (χ1v) is 9.02. The number of nitrogens with zero attached hydrogens (tertiary/aromatic N) is 2. The summed E-state index contributed by atoms with van der Waals surface area (Å²) in [4.78, 5) is 24.5. The van der Waals surface area contributed by atoms with Gasteiger partial charge in [-0.2, -0.15) is 5.10 Å². The molecule has 6 nitrogen and oxygen atoms in total. The van der Waals surface area contributed by atoms with Crippen LogP contribution in [0.1, 0.15) is 30.9 Å². The molecular formula is C21H23N3O3. The molecule has 3 rings (SSSR count). The van der Waals surface area contributed by atoms with E-state index in [9.17, 15) is 9.59 Å². The van der Waals surface area contributed by atoms with Gasteiger partial charge in [-0.3, -0.25) is 9.59 Å². The second kappa shape index (κ2) is 8.49. The Morgan fingerprint density at radius 1 is 1.11 bits per heavy atom. The number of benzene rings is 2. The Morgan fingerprint density at radius 3 is 2.48 bits per heavy atom. The number of carbonyl (C=O) groups is 2. The van der Waals surface area contributed by atoms with Crippen molar-refractivity contribution in [1.29, 1.82) is 0 Å². The van der Waals surface area contributed by atoms with Crippen LogP contribution in [0.15, 0.2) is 53.6 Å². The van der Waals surface area contributed by atoms with Gasteiger partial charge in [0.25, 0.3) is 0 Å². The van der Waals surface area contributed by atoms with Gasteiger partial charge >= 0.3 is 0 Å². The molecule has 2 aromatic carbocycles. The Kier molecular flexibility index (Phi) is 5.86. The topological polar surface area (TPSA) is 71.0 Å². The maximum absolute atomic E-state index is 12.3. The first-order chi connectivity index (χ1) is 13.0. The van der Waals surface area contributed by atoms with Crippen LogP contribution in [-0.4, -0.2) is 35.7 Å². The number of hydrogen-bond donors (Lipinski definition) is 1. The molecule has 0 aliphatic carbocycles. The number of anilines is 1. The van der Waals surface area contributed by atoms with Gasteiger partial charge in [0.05, 0.1) is 12.3 Å². The minimum atomic E-state index is -0.290. The Hall–Kier alpha value is -3.15. The number of hydrazone groups is 1. The van der Waals surface area contributed by atoms with Crippen molar-refractivity contribution in [3.8, 4) is 5.75 Å². The lowest BCUT2D eigenvalue weighted by molar-refractivity contribution is -0.135. The first-order valence-electron chi connectivity index (χ1n) is 9.02. The van der Waals surface area contributed by atoms with Crippen LogP contribution < -0.4 is 10.1 Å². The van der Waals surface area contributed by atoms with Crippen molar-refractivity contribution in [3.05, 3.63) is 59.7 Å². The predicted octanol–water partition coefficient (Wildman–Crippen LogP) is 3.36. The maximum Gasteiger partial charge on any atom is 0.246 e. The molecule has 1 aliphatic heterocycles. The van der Waals surface area contributed by atoms with Crippen molar-refractivity contribution in [3.63, 3.8) is 0 Å². The summed E-state index contributed by atoms with van der Waals surface area (Å²) in [5.74, 6) is 0.308. The van der Waals surface area contributed by atoms with Crippen molar-refractivity contribution >= 4 is 23.2 Å². The molecule has 0 fully saturated rings. The molecule has 0 aromatic heterocycles. The Labute approximate surface area is 158 Å². The van der Waals surface area contributed by atoms with E-state index in [-0.39, 0.29) is 18.4 Å². The molecule has 6 heteroatoms. The van der Waals surface area contributed by atoms with Crippen molar-refractivity contribution < 1.29 is 14.3 Å². The van der Waals surface area contributed by atoms with Crippen LogP contribution in [0, 0.1) is 6.92 Å². The van der Waals surface area contributed by atoms with E-state index in [1.165, 1.54) is 5.01 Å². The highest BCUT2D eigenvalue weighted by Crippen LogP contribution is 2.17. The standard InChI is InChI=1S/C21H23N3O3/c1-3-27-18-10-8-17(9-11-18)22-20(25)14-24-21(26)13-12-19(23-24)16-6-4-15(2)5-7-16/h4-11H,3,12-14H2,1-2H3,(H,22,25). The highest BCUT2D eigenvalue weighted by molar-refractivity contribution is 6.05. The Balaban J connectivity index is 1.65. The van der Waals surface area contributed by atoms with Crippen LogP contribution in [0.4, 0.5) is 5.69 Å². The summed E-state index contributed by atoms with van der Waals surface area (Å²) < 4.78 is 5.38. The summed E-state index contributed by atoms with van der Waals surface area (Å²) in [6, 6.07) is 15.1. The molecule has 1 heterocycles. The van der Waals surface area contributed by atoms with E-state index in [1.54, 1.807) is 24.3 Å². The second-order valence-electron chi connectivity index (χ2n) is 6.37. The van der Waals surface area contributed by atoms with Gasteiger partial charge in [0.15, 0.2) is 0 Å². The van der Waals surface area contributed by atoms with Gasteiger partial charge in [-0.05, 0) is 43.7 Å². The van der Waals surface area contributed by atoms with Gasteiger partial charge in [0.1, 0.15) is 12.3 Å². The monoisotopic (exact) mass is 365 g/mol. The molecule has 0 radical (unpaired) electrons. The van der Waals surface area contributed by atoms with Crippen LogP contribution in [0.2, 0.25) is 0 Å². The first kappa shape index (κ1) is 18.6. The molecule has 2 aromatic rings. The SMILES string of the molecule is CCOc1ccc(NC(=O)CN2N=C(c3ccc(C)cc3)CCC2=O)cc1. The van der Waals surface area contributed by atoms with Crippen LogP contribution in [0.25, 0.3) is 0 Å². The molecule has 0 atom stereocenters. The number of ether oxygens (including phenoxy) is 1. The Bertz CT molecular complexity index is 842.